The average molecular weight is 1620 g/mol. The van der Waals surface area contributed by atoms with E-state index in [4.69, 9.17) is 37.6 Å². The Bertz CT molecular complexity index is 5170. The molecular weight excluding hydrogens is 1490 g/mol. The number of hydrogen-bond acceptors (Lipinski definition) is 12. The number of esters is 1. The van der Waals surface area contributed by atoms with E-state index in [2.05, 4.69) is 248 Å². The van der Waals surface area contributed by atoms with Crippen molar-refractivity contribution < 1.29 is 42.4 Å². The lowest BCUT2D eigenvalue weighted by Crippen LogP contribution is -2.30. The van der Waals surface area contributed by atoms with Crippen LogP contribution in [0, 0.1) is 23.7 Å². The largest absolute Gasteiger partial charge is 0.493 e. The molecule has 0 spiro atoms. The Balaban J connectivity index is 0.715. The van der Waals surface area contributed by atoms with Crippen LogP contribution in [0.1, 0.15) is 235 Å². The highest BCUT2D eigenvalue weighted by Gasteiger charge is 2.30. The maximum absolute atomic E-state index is 14.7. The maximum atomic E-state index is 14.7. The van der Waals surface area contributed by atoms with Crippen LogP contribution in [0.4, 0.5) is 5.69 Å². The number of hydrogen-bond donors (Lipinski definition) is 0. The highest BCUT2D eigenvalue weighted by Crippen LogP contribution is 2.48. The number of carbonyl (C=O) groups excluding carboxylic acids is 1. The Morgan fingerprint density at radius 1 is 0.417 bits per heavy atom. The molecule has 13 nitrogen and oxygen atoms in total. The number of fused-ring (bicyclic) bond motifs is 4. The minimum Gasteiger partial charge on any atom is -0.493 e. The zero-order valence-corrected chi connectivity index (χ0v) is 74.2. The second kappa shape index (κ2) is 41.6. The molecule has 634 valence electrons. The highest BCUT2D eigenvalue weighted by atomic mass is 16.5. The van der Waals surface area contributed by atoms with E-state index in [1.165, 1.54) is 117 Å². The lowest BCUT2D eigenvalue weighted by atomic mass is 9.83. The van der Waals surface area contributed by atoms with Crippen LogP contribution < -0.4 is 43.3 Å². The summed E-state index contributed by atoms with van der Waals surface area (Å²) in [4.78, 5) is 22.0. The van der Waals surface area contributed by atoms with Crippen LogP contribution in [0.25, 0.3) is 76.5 Å². The van der Waals surface area contributed by atoms with Gasteiger partial charge in [0.15, 0.2) is 0 Å². The summed E-state index contributed by atoms with van der Waals surface area (Å²) >= 11 is 0. The van der Waals surface area contributed by atoms with E-state index in [9.17, 15) is 4.79 Å². The first-order valence-electron chi connectivity index (χ1n) is 46.2. The van der Waals surface area contributed by atoms with Gasteiger partial charge in [0.1, 0.15) is 78.8 Å². The van der Waals surface area contributed by atoms with Gasteiger partial charge < -0.3 is 42.5 Å². The predicted octanol–water partition coefficient (Wildman–Crippen LogP) is 26.1. The van der Waals surface area contributed by atoms with E-state index < -0.39 is 0 Å². The minimum atomic E-state index is -0.336. The SMILES string of the molecule is CCCCC(CC)COc1cc(COc2cc(CN3Cc4ccc5c6ccc7c8c(ccc(c9ccc(c4c59)C3)c86)CN(CCOC(=O)c3ccccc3-c3c4ccc(=[N+](CC)CC)cc-4oc4cc(N(CC)CC)ccc34)C7)cc(OCc3cc(OCC(CC)CCCC)cc(OCC(CC)CCCC)c3)c2)cc(OCC(CC)CCCC)c1. The van der Waals surface area contributed by atoms with Gasteiger partial charge in [-0.2, -0.15) is 0 Å². The molecule has 0 saturated carbocycles. The number of nitrogens with zero attached hydrogens (tertiary/aromatic N) is 4. The molecule has 0 amide bonds. The standard InChI is InChI=1S/C107H133N4O9/c1-13-25-31-73(17-5)67-114-88-53-78(54-89(60-88)115-68-74(18-6)32-26-14-2)71-118-86-51-77(52-87(59-86)119-72-79-55-90(116-69-75(19-7)33-27-15-3)61-91(56-79)117-70-76(20-8)34-28-16-4)62-109-65-82-39-45-95-93-43-37-80-63-108(64-81-38-44-94(105(93)102(80)81)96-46-40-83(66-109)103(82)106(95)96)49-50-113-107(112)97-36-30-29-35-92(97)104-98-47-41-84(110(21-9)22-10)57-100(98)120-101-58-85(42-48-99(101)104)111(23-11)24-12/h29-30,35-48,51-61,73-76H,13-28,31-34,49-50,62-72H2,1-12H3/q+1. The van der Waals surface area contributed by atoms with E-state index in [1.54, 1.807) is 0 Å². The van der Waals surface area contributed by atoms with E-state index in [1.807, 2.05) is 18.2 Å². The minimum absolute atomic E-state index is 0.254. The summed E-state index contributed by atoms with van der Waals surface area (Å²) in [7, 11) is 0. The second-order valence-corrected chi connectivity index (χ2v) is 34.2. The van der Waals surface area contributed by atoms with Crippen LogP contribution in [0.3, 0.4) is 0 Å². The van der Waals surface area contributed by atoms with Gasteiger partial charge in [0.2, 0.25) is 5.36 Å². The molecule has 4 atom stereocenters. The predicted molar refractivity (Wildman–Crippen MR) is 496 cm³/mol. The van der Waals surface area contributed by atoms with E-state index >= 15 is 0 Å². The lowest BCUT2D eigenvalue weighted by molar-refractivity contribution is 0.0453. The van der Waals surface area contributed by atoms with Crippen LogP contribution in [0.5, 0.6) is 34.5 Å². The number of rotatable bonds is 46. The third-order valence-electron chi connectivity index (χ3n) is 26.0. The number of unbranched alkanes of at least 4 members (excludes halogenated alkanes) is 4. The van der Waals surface area contributed by atoms with Crippen molar-refractivity contribution >= 4 is 65.7 Å². The molecule has 3 heterocycles. The number of carbonyl (C=O) groups is 1. The zero-order valence-electron chi connectivity index (χ0n) is 74.2. The van der Waals surface area contributed by atoms with E-state index in [-0.39, 0.29) is 12.6 Å². The summed E-state index contributed by atoms with van der Waals surface area (Å²) in [6, 6.07) is 59.1. The van der Waals surface area contributed by atoms with Crippen molar-refractivity contribution in [3.05, 3.63) is 214 Å². The number of anilines is 1. The summed E-state index contributed by atoms with van der Waals surface area (Å²) in [5, 5.41) is 12.6. The molecule has 1 aliphatic carbocycles. The van der Waals surface area contributed by atoms with Crippen molar-refractivity contribution in [2.45, 2.75) is 232 Å². The molecule has 10 aromatic carbocycles. The molecule has 14 rings (SSSR count). The Morgan fingerprint density at radius 3 is 1.26 bits per heavy atom. The average Bonchev–Trinajstić information content (AvgIpc) is 0.701. The first-order chi connectivity index (χ1) is 58.8. The summed E-state index contributed by atoms with van der Waals surface area (Å²) in [6.45, 7) is 38.4. The summed E-state index contributed by atoms with van der Waals surface area (Å²) in [5.41, 5.74) is 13.5. The van der Waals surface area contributed by atoms with E-state index in [0.717, 1.165) is 199 Å². The molecule has 13 heteroatoms. The Kier molecular flexibility index (Phi) is 30.0. The summed E-state index contributed by atoms with van der Waals surface area (Å²) in [5.74, 6) is 7.17. The molecule has 0 fully saturated rings. The first-order valence-corrected chi connectivity index (χ1v) is 46.2. The molecule has 4 aliphatic rings. The van der Waals surface area contributed by atoms with Crippen molar-refractivity contribution in [3.63, 3.8) is 0 Å². The van der Waals surface area contributed by atoms with Gasteiger partial charge in [0.05, 0.1) is 38.1 Å². The number of ether oxygens (including phenoxy) is 7. The Labute approximate surface area is 715 Å². The van der Waals surface area contributed by atoms with Crippen molar-refractivity contribution in [2.24, 2.45) is 23.7 Å². The molecule has 0 N–H and O–H groups in total. The molecule has 0 saturated heterocycles. The molecule has 3 aliphatic heterocycles. The Morgan fingerprint density at radius 2 is 0.833 bits per heavy atom. The normalized spacial score (nSPS) is 14.0. The van der Waals surface area contributed by atoms with Crippen LogP contribution in [0.2, 0.25) is 0 Å². The van der Waals surface area contributed by atoms with Gasteiger partial charge in [-0.1, -0.05) is 199 Å². The highest BCUT2D eigenvalue weighted by molar-refractivity contribution is 6.34. The molecule has 0 aromatic heterocycles. The van der Waals surface area contributed by atoms with Crippen molar-refractivity contribution in [3.8, 4) is 56.9 Å². The third kappa shape index (κ3) is 20.3. The fourth-order valence-electron chi connectivity index (χ4n) is 18.7. The van der Waals surface area contributed by atoms with Crippen LogP contribution in [0.15, 0.2) is 168 Å². The van der Waals surface area contributed by atoms with Crippen molar-refractivity contribution in [1.29, 1.82) is 0 Å². The van der Waals surface area contributed by atoms with Gasteiger partial charge >= 0.3 is 5.97 Å². The fraction of sp³-hybridized carbons (Fsp3) is 0.458. The van der Waals surface area contributed by atoms with Gasteiger partial charge in [-0.05, 0) is 225 Å². The number of benzene rings is 11. The molecule has 120 heavy (non-hydrogen) atoms. The van der Waals surface area contributed by atoms with Crippen LogP contribution in [-0.4, -0.2) is 81.5 Å². The van der Waals surface area contributed by atoms with Crippen LogP contribution >= 0.6 is 0 Å². The summed E-state index contributed by atoms with van der Waals surface area (Å²) < 4.78 is 56.2. The van der Waals surface area contributed by atoms with Crippen molar-refractivity contribution in [1.82, 2.24) is 14.4 Å². The van der Waals surface area contributed by atoms with Gasteiger partial charge in [0, 0.05) is 105 Å². The topological polar surface area (TPSA) is 108 Å². The zero-order chi connectivity index (χ0) is 83.6. The molecule has 10 aromatic rings. The van der Waals surface area contributed by atoms with Gasteiger partial charge in [-0.25, -0.2) is 9.37 Å². The summed E-state index contributed by atoms with van der Waals surface area (Å²) in [6.07, 6.45) is 18.5. The second-order valence-electron chi connectivity index (χ2n) is 34.2. The third-order valence-corrected chi connectivity index (χ3v) is 26.0. The molecule has 4 unspecified atom stereocenters. The molecule has 0 bridgehead atoms. The first kappa shape index (κ1) is 86.6. The Hall–Kier alpha value is -9.82. The molecule has 0 radical (unpaired) electrons. The maximum Gasteiger partial charge on any atom is 0.338 e. The molecular formula is C107H133N4O9+. The van der Waals surface area contributed by atoms with Crippen molar-refractivity contribution in [2.75, 3.05) is 70.7 Å². The van der Waals surface area contributed by atoms with Gasteiger partial charge in [0.25, 0.3) is 0 Å². The smallest absolute Gasteiger partial charge is 0.338 e. The van der Waals surface area contributed by atoms with E-state index in [0.29, 0.717) is 82.0 Å². The quantitative estimate of drug-likeness (QED) is 0.0157. The fourth-order valence-corrected chi connectivity index (χ4v) is 18.7. The van der Waals surface area contributed by atoms with Crippen LogP contribution in [-0.2, 0) is 50.7 Å². The van der Waals surface area contributed by atoms with Gasteiger partial charge in [-0.3, -0.25) is 9.80 Å². The van der Waals surface area contributed by atoms with Gasteiger partial charge in [-0.15, -0.1) is 0 Å². The monoisotopic (exact) mass is 1620 g/mol. The lowest BCUT2D eigenvalue weighted by Gasteiger charge is -2.32.